The number of aliphatic carboxylic acids is 1. The molecule has 0 heterocycles. The van der Waals surface area contributed by atoms with Crippen molar-refractivity contribution in [3.05, 3.63) is 0 Å². The number of esters is 1. The van der Waals surface area contributed by atoms with Crippen LogP contribution in [0.2, 0.25) is 0 Å². The van der Waals surface area contributed by atoms with Crippen molar-refractivity contribution in [2.24, 2.45) is 5.92 Å². The second-order valence-corrected chi connectivity index (χ2v) is 8.05. The molecule has 0 aromatic rings. The highest BCUT2D eigenvalue weighted by atomic mass is 16.5. The van der Waals surface area contributed by atoms with Crippen LogP contribution in [0.5, 0.6) is 0 Å². The van der Waals surface area contributed by atoms with E-state index in [4.69, 9.17) is 9.84 Å². The molecule has 5 nitrogen and oxygen atoms in total. The second kappa shape index (κ2) is 12.3. The van der Waals surface area contributed by atoms with Crippen LogP contribution in [-0.2, 0) is 14.3 Å². The van der Waals surface area contributed by atoms with Gasteiger partial charge in [-0.3, -0.25) is 9.59 Å². The van der Waals surface area contributed by atoms with Gasteiger partial charge < -0.3 is 14.3 Å². The molecule has 0 radical (unpaired) electrons. The summed E-state index contributed by atoms with van der Waals surface area (Å²) in [7, 11) is 5.89. The zero-order chi connectivity index (χ0) is 18.6. The molecule has 0 amide bonds. The van der Waals surface area contributed by atoms with Crippen LogP contribution >= 0.6 is 0 Å². The molecule has 0 saturated heterocycles. The van der Waals surface area contributed by atoms with Gasteiger partial charge in [-0.05, 0) is 5.92 Å². The molecule has 0 bridgehead atoms. The van der Waals surface area contributed by atoms with Gasteiger partial charge >= 0.3 is 11.9 Å². The van der Waals surface area contributed by atoms with Crippen molar-refractivity contribution in [2.45, 2.75) is 77.7 Å². The Morgan fingerprint density at radius 2 is 1.58 bits per heavy atom. The largest absolute Gasteiger partial charge is 0.481 e. The topological polar surface area (TPSA) is 63.6 Å². The molecule has 5 heteroatoms. The first kappa shape index (κ1) is 22.9. The van der Waals surface area contributed by atoms with Crippen LogP contribution in [0.1, 0.15) is 71.6 Å². The Labute approximate surface area is 148 Å². The molecule has 2 unspecified atom stereocenters. The summed E-state index contributed by atoms with van der Waals surface area (Å²) < 4.78 is 6.00. The normalized spacial score (nSPS) is 14.2. The monoisotopic (exact) mass is 344 g/mol. The van der Waals surface area contributed by atoms with Crippen molar-refractivity contribution in [1.82, 2.24) is 0 Å². The van der Waals surface area contributed by atoms with E-state index in [0.717, 1.165) is 12.8 Å². The summed E-state index contributed by atoms with van der Waals surface area (Å²) in [6.45, 7) is 4.78. The van der Waals surface area contributed by atoms with Crippen molar-refractivity contribution in [2.75, 3.05) is 27.7 Å². The smallest absolute Gasteiger partial charge is 0.307 e. The van der Waals surface area contributed by atoms with E-state index in [9.17, 15) is 9.59 Å². The van der Waals surface area contributed by atoms with Crippen molar-refractivity contribution in [1.29, 1.82) is 0 Å². The maximum absolute atomic E-state index is 12.1. The molecule has 0 saturated carbocycles. The first-order chi connectivity index (χ1) is 11.1. The molecular formula is C19H38NO4+. The lowest BCUT2D eigenvalue weighted by Crippen LogP contribution is -2.43. The first-order valence-electron chi connectivity index (χ1n) is 9.35. The molecule has 0 rings (SSSR count). The fourth-order valence-corrected chi connectivity index (χ4v) is 2.84. The van der Waals surface area contributed by atoms with Gasteiger partial charge in [-0.25, -0.2) is 0 Å². The van der Waals surface area contributed by atoms with Crippen LogP contribution in [-0.4, -0.2) is 55.3 Å². The summed E-state index contributed by atoms with van der Waals surface area (Å²) in [4.78, 5) is 23.0. The number of nitrogens with zero attached hydrogens (tertiary/aromatic N) is 1. The molecule has 0 aromatic heterocycles. The summed E-state index contributed by atoms with van der Waals surface area (Å²) in [6.07, 6.45) is 8.22. The third-order valence-corrected chi connectivity index (χ3v) is 4.02. The average Bonchev–Trinajstić information content (AvgIpc) is 2.39. The Morgan fingerprint density at radius 3 is 2.12 bits per heavy atom. The van der Waals surface area contributed by atoms with Crippen LogP contribution in [0.4, 0.5) is 0 Å². The van der Waals surface area contributed by atoms with E-state index in [0.29, 0.717) is 23.4 Å². The Kier molecular flexibility index (Phi) is 11.7. The molecule has 0 aliphatic rings. The molecule has 0 fully saturated rings. The van der Waals surface area contributed by atoms with E-state index in [1.54, 1.807) is 0 Å². The first-order valence-corrected chi connectivity index (χ1v) is 9.35. The predicted molar refractivity (Wildman–Crippen MR) is 96.8 cm³/mol. The fourth-order valence-electron chi connectivity index (χ4n) is 2.84. The number of hydrogen-bond donors (Lipinski definition) is 1. The summed E-state index contributed by atoms with van der Waals surface area (Å²) in [5, 5.41) is 8.98. The van der Waals surface area contributed by atoms with Crippen molar-refractivity contribution >= 4 is 11.9 Å². The number of unbranched alkanes of at least 4 members (excludes halogenated alkanes) is 5. The van der Waals surface area contributed by atoms with Gasteiger partial charge in [0.1, 0.15) is 6.54 Å². The zero-order valence-electron chi connectivity index (χ0n) is 16.3. The van der Waals surface area contributed by atoms with Gasteiger partial charge in [0.2, 0.25) is 0 Å². The standard InChI is InChI=1S/C19H37NO4/c1-6-7-8-9-10-11-12-16(2)13-19(23)24-17(14-18(21)22)15-20(3,4)5/h16-17H,6-15H2,1-5H3/p+1. The fraction of sp³-hybridized carbons (Fsp3) is 0.895. The van der Waals surface area contributed by atoms with Gasteiger partial charge in [-0.2, -0.15) is 0 Å². The van der Waals surface area contributed by atoms with Crippen molar-refractivity contribution in [3.8, 4) is 0 Å². The van der Waals surface area contributed by atoms with Gasteiger partial charge in [0.15, 0.2) is 6.10 Å². The Bertz CT molecular complexity index is 363. The van der Waals surface area contributed by atoms with Gasteiger partial charge in [-0.15, -0.1) is 0 Å². The van der Waals surface area contributed by atoms with Crippen LogP contribution in [0, 0.1) is 5.92 Å². The van der Waals surface area contributed by atoms with Crippen LogP contribution in [0.25, 0.3) is 0 Å². The molecule has 0 aliphatic carbocycles. The highest BCUT2D eigenvalue weighted by molar-refractivity contribution is 5.71. The number of likely N-dealkylation sites (N-methyl/N-ethyl adjacent to an activating group) is 1. The Balaban J connectivity index is 4.10. The molecule has 0 spiro atoms. The van der Waals surface area contributed by atoms with Gasteiger partial charge in [0.05, 0.1) is 27.6 Å². The number of hydrogen-bond acceptors (Lipinski definition) is 3. The zero-order valence-corrected chi connectivity index (χ0v) is 16.3. The number of rotatable bonds is 14. The minimum Gasteiger partial charge on any atom is -0.481 e. The molecule has 0 aliphatic heterocycles. The second-order valence-electron chi connectivity index (χ2n) is 8.05. The number of carboxylic acid groups (broad SMARTS) is 1. The van der Waals surface area contributed by atoms with E-state index in [-0.39, 0.29) is 12.4 Å². The number of carboxylic acids is 1. The highest BCUT2D eigenvalue weighted by Gasteiger charge is 2.25. The highest BCUT2D eigenvalue weighted by Crippen LogP contribution is 2.16. The van der Waals surface area contributed by atoms with E-state index in [2.05, 4.69) is 13.8 Å². The van der Waals surface area contributed by atoms with Crippen LogP contribution in [0.15, 0.2) is 0 Å². The quantitative estimate of drug-likeness (QED) is 0.295. The minimum atomic E-state index is -0.929. The maximum atomic E-state index is 12.1. The molecular weight excluding hydrogens is 306 g/mol. The summed E-state index contributed by atoms with van der Waals surface area (Å²) in [5.74, 6) is -0.909. The van der Waals surface area contributed by atoms with E-state index >= 15 is 0 Å². The summed E-state index contributed by atoms with van der Waals surface area (Å²) in [5.41, 5.74) is 0. The number of carbonyl (C=O) groups excluding carboxylic acids is 1. The third kappa shape index (κ3) is 14.5. The lowest BCUT2D eigenvalue weighted by atomic mass is 9.99. The van der Waals surface area contributed by atoms with Crippen LogP contribution < -0.4 is 0 Å². The molecule has 24 heavy (non-hydrogen) atoms. The Hall–Kier alpha value is -1.10. The number of quaternary nitrogens is 1. The van der Waals surface area contributed by atoms with E-state index < -0.39 is 12.1 Å². The molecule has 0 aromatic carbocycles. The maximum Gasteiger partial charge on any atom is 0.307 e. The Morgan fingerprint density at radius 1 is 1.00 bits per heavy atom. The van der Waals surface area contributed by atoms with Gasteiger partial charge in [0, 0.05) is 6.42 Å². The molecule has 2 atom stereocenters. The number of ether oxygens (including phenoxy) is 1. The minimum absolute atomic E-state index is 0.132. The van der Waals surface area contributed by atoms with Gasteiger partial charge in [0.25, 0.3) is 0 Å². The number of carbonyl (C=O) groups is 2. The summed E-state index contributed by atoms with van der Waals surface area (Å²) >= 11 is 0. The lowest BCUT2D eigenvalue weighted by molar-refractivity contribution is -0.873. The van der Waals surface area contributed by atoms with Crippen LogP contribution in [0.3, 0.4) is 0 Å². The van der Waals surface area contributed by atoms with Crippen molar-refractivity contribution in [3.63, 3.8) is 0 Å². The van der Waals surface area contributed by atoms with Crippen molar-refractivity contribution < 1.29 is 23.9 Å². The SMILES string of the molecule is CCCCCCCCC(C)CC(=O)OC(CC(=O)O)C[N+](C)(C)C. The molecule has 1 N–H and O–H groups in total. The molecule has 142 valence electrons. The lowest BCUT2D eigenvalue weighted by Gasteiger charge is -2.28. The van der Waals surface area contributed by atoms with Gasteiger partial charge in [-0.1, -0.05) is 58.8 Å². The average molecular weight is 345 g/mol. The summed E-state index contributed by atoms with van der Waals surface area (Å²) in [6, 6.07) is 0. The van der Waals surface area contributed by atoms with E-state index in [1.165, 1.54) is 32.1 Å². The predicted octanol–water partition coefficient (Wildman–Crippen LogP) is 3.86. The van der Waals surface area contributed by atoms with E-state index in [1.807, 2.05) is 21.1 Å². The third-order valence-electron chi connectivity index (χ3n) is 4.02.